The van der Waals surface area contributed by atoms with E-state index in [0.29, 0.717) is 0 Å². The lowest BCUT2D eigenvalue weighted by atomic mass is 10.1. The zero-order valence-corrected chi connectivity index (χ0v) is 14.8. The summed E-state index contributed by atoms with van der Waals surface area (Å²) >= 11 is 1.48. The van der Waals surface area contributed by atoms with Crippen LogP contribution in [0.5, 0.6) is 0 Å². The van der Waals surface area contributed by atoms with E-state index in [9.17, 15) is 4.79 Å². The van der Waals surface area contributed by atoms with Crippen molar-refractivity contribution in [3.8, 4) is 11.3 Å². The first-order valence-corrected chi connectivity index (χ1v) is 9.03. The molecule has 1 N–H and O–H groups in total. The smallest absolute Gasteiger partial charge is 0.246 e. The highest BCUT2D eigenvalue weighted by molar-refractivity contribution is 7.10. The topological polar surface area (TPSA) is 54.4 Å². The number of nitrogens with one attached hydrogen (secondary N) is 1. The van der Waals surface area contributed by atoms with Gasteiger partial charge in [-0.3, -0.25) is 4.79 Å². The molecule has 0 radical (unpaired) electrons. The van der Waals surface area contributed by atoms with E-state index in [1.807, 2.05) is 47.8 Å². The van der Waals surface area contributed by atoms with Gasteiger partial charge in [0, 0.05) is 10.9 Å². The first-order chi connectivity index (χ1) is 12.2. The van der Waals surface area contributed by atoms with Crippen molar-refractivity contribution in [3.05, 3.63) is 76.1 Å². The predicted molar refractivity (Wildman–Crippen MR) is 103 cm³/mol. The van der Waals surface area contributed by atoms with Gasteiger partial charge in [-0.1, -0.05) is 61.5 Å². The van der Waals surface area contributed by atoms with E-state index in [-0.39, 0.29) is 12.3 Å². The minimum absolute atomic E-state index is 0.171. The maximum atomic E-state index is 12.0. The van der Waals surface area contributed by atoms with E-state index < -0.39 is 0 Å². The molecule has 0 saturated heterocycles. The largest absolute Gasteiger partial charge is 0.273 e. The summed E-state index contributed by atoms with van der Waals surface area (Å²) in [6, 6.07) is 18.0. The van der Waals surface area contributed by atoms with Gasteiger partial charge in [-0.05, 0) is 17.5 Å². The van der Waals surface area contributed by atoms with Gasteiger partial charge in [0.05, 0.1) is 18.3 Å². The fourth-order valence-corrected chi connectivity index (χ4v) is 3.13. The Balaban J connectivity index is 1.54. The normalized spacial score (nSPS) is 10.9. The molecule has 0 aliphatic rings. The average molecular weight is 349 g/mol. The molecule has 0 bridgehead atoms. The molecule has 0 saturated carbocycles. The van der Waals surface area contributed by atoms with Gasteiger partial charge >= 0.3 is 0 Å². The molecule has 3 aromatic rings. The molecule has 0 atom stereocenters. The summed E-state index contributed by atoms with van der Waals surface area (Å²) in [6.07, 6.45) is 2.88. The Labute approximate surface area is 151 Å². The van der Waals surface area contributed by atoms with Crippen LogP contribution in [0.25, 0.3) is 11.3 Å². The monoisotopic (exact) mass is 349 g/mol. The molecule has 0 aliphatic carbocycles. The Morgan fingerprint density at radius 2 is 1.92 bits per heavy atom. The zero-order valence-electron chi connectivity index (χ0n) is 14.0. The lowest BCUT2D eigenvalue weighted by Gasteiger charge is -1.99. The minimum atomic E-state index is -0.171. The van der Waals surface area contributed by atoms with Crippen molar-refractivity contribution in [2.24, 2.45) is 5.10 Å². The molecule has 0 unspecified atom stereocenters. The van der Waals surface area contributed by atoms with Crippen LogP contribution in [0.3, 0.4) is 0 Å². The first-order valence-electron chi connectivity index (χ1n) is 8.15. The Bertz CT molecular complexity index is 854. The quantitative estimate of drug-likeness (QED) is 0.539. The van der Waals surface area contributed by atoms with Crippen molar-refractivity contribution in [2.45, 2.75) is 19.8 Å². The Kier molecular flexibility index (Phi) is 5.69. The number of amides is 1. The van der Waals surface area contributed by atoms with Crippen LogP contribution in [-0.4, -0.2) is 17.1 Å². The lowest BCUT2D eigenvalue weighted by Crippen LogP contribution is -2.19. The van der Waals surface area contributed by atoms with Gasteiger partial charge in [0.1, 0.15) is 5.01 Å². The number of aromatic nitrogens is 1. The zero-order chi connectivity index (χ0) is 17.5. The van der Waals surface area contributed by atoms with Gasteiger partial charge in [-0.2, -0.15) is 5.10 Å². The molecule has 0 fully saturated rings. The number of thiazole rings is 1. The number of aryl methyl sites for hydroxylation is 1. The van der Waals surface area contributed by atoms with Gasteiger partial charge in [0.25, 0.3) is 0 Å². The van der Waals surface area contributed by atoms with E-state index in [1.165, 1.54) is 16.9 Å². The Hall–Kier alpha value is -2.79. The summed E-state index contributed by atoms with van der Waals surface area (Å²) in [5, 5.41) is 6.76. The summed E-state index contributed by atoms with van der Waals surface area (Å²) in [5.41, 5.74) is 6.74. The fraction of sp³-hybridized carbons (Fsp3) is 0.150. The van der Waals surface area contributed by atoms with Crippen molar-refractivity contribution in [2.75, 3.05) is 0 Å². The van der Waals surface area contributed by atoms with Crippen LogP contribution in [0, 0.1) is 0 Å². The minimum Gasteiger partial charge on any atom is -0.273 e. The van der Waals surface area contributed by atoms with Crippen molar-refractivity contribution >= 4 is 23.5 Å². The van der Waals surface area contributed by atoms with Crippen molar-refractivity contribution in [1.82, 2.24) is 10.4 Å². The number of hydrazone groups is 1. The number of benzene rings is 2. The van der Waals surface area contributed by atoms with Crippen LogP contribution < -0.4 is 5.43 Å². The highest BCUT2D eigenvalue weighted by Crippen LogP contribution is 2.21. The van der Waals surface area contributed by atoms with Gasteiger partial charge in [-0.25, -0.2) is 10.4 Å². The van der Waals surface area contributed by atoms with Crippen LogP contribution in [0.1, 0.15) is 23.1 Å². The molecule has 2 aromatic carbocycles. The highest BCUT2D eigenvalue weighted by Gasteiger charge is 2.08. The van der Waals surface area contributed by atoms with Crippen LogP contribution in [-0.2, 0) is 17.6 Å². The molecular formula is C20H19N3OS. The third-order valence-corrected chi connectivity index (χ3v) is 4.57. The number of carbonyl (C=O) groups is 1. The first kappa shape index (κ1) is 17.0. The molecule has 4 nitrogen and oxygen atoms in total. The predicted octanol–water partition coefficient (Wildman–Crippen LogP) is 4.07. The molecule has 1 heterocycles. The van der Waals surface area contributed by atoms with Crippen LogP contribution >= 0.6 is 11.3 Å². The summed E-state index contributed by atoms with van der Waals surface area (Å²) in [4.78, 5) is 16.5. The number of rotatable bonds is 6. The summed E-state index contributed by atoms with van der Waals surface area (Å²) in [5.74, 6) is -0.171. The van der Waals surface area contributed by atoms with Crippen LogP contribution in [0.2, 0.25) is 0 Å². The molecule has 3 rings (SSSR count). The number of carbonyl (C=O) groups excluding carboxylic acids is 1. The van der Waals surface area contributed by atoms with Crippen LogP contribution in [0.15, 0.2) is 65.1 Å². The molecule has 1 aromatic heterocycles. The second-order valence-corrected chi connectivity index (χ2v) is 6.50. The van der Waals surface area contributed by atoms with Crippen LogP contribution in [0.4, 0.5) is 0 Å². The van der Waals surface area contributed by atoms with Crippen molar-refractivity contribution in [3.63, 3.8) is 0 Å². The average Bonchev–Trinajstić information content (AvgIpc) is 3.11. The van der Waals surface area contributed by atoms with Crippen molar-refractivity contribution in [1.29, 1.82) is 0 Å². The summed E-state index contributed by atoms with van der Waals surface area (Å²) in [7, 11) is 0. The van der Waals surface area contributed by atoms with Crippen molar-refractivity contribution < 1.29 is 4.79 Å². The molecule has 1 amide bonds. The third kappa shape index (κ3) is 4.84. The van der Waals surface area contributed by atoms with E-state index in [1.54, 1.807) is 6.21 Å². The summed E-state index contributed by atoms with van der Waals surface area (Å²) < 4.78 is 0. The fourth-order valence-electron chi connectivity index (χ4n) is 2.33. The second kappa shape index (κ2) is 8.35. The molecule has 0 spiro atoms. The molecule has 5 heteroatoms. The Morgan fingerprint density at radius 1 is 1.16 bits per heavy atom. The number of hydrogen-bond donors (Lipinski definition) is 1. The van der Waals surface area contributed by atoms with E-state index in [2.05, 4.69) is 34.6 Å². The van der Waals surface area contributed by atoms with Gasteiger partial charge in [0.15, 0.2) is 0 Å². The van der Waals surface area contributed by atoms with Gasteiger partial charge < -0.3 is 0 Å². The van der Waals surface area contributed by atoms with Gasteiger partial charge in [-0.15, -0.1) is 11.3 Å². The maximum absolute atomic E-state index is 12.0. The standard InChI is InChI=1S/C20H19N3OS/c1-2-15-8-10-16(11-9-15)13-21-23-19(24)12-20-22-18(14-25-20)17-6-4-3-5-7-17/h3-11,13-14H,2,12H2,1H3,(H,23,24)/b21-13-. The second-order valence-electron chi connectivity index (χ2n) is 5.56. The lowest BCUT2D eigenvalue weighted by molar-refractivity contribution is -0.120. The van der Waals surface area contributed by atoms with E-state index in [0.717, 1.165) is 28.2 Å². The van der Waals surface area contributed by atoms with E-state index in [4.69, 9.17) is 0 Å². The number of nitrogens with zero attached hydrogens (tertiary/aromatic N) is 2. The SMILES string of the molecule is CCc1ccc(/C=N\NC(=O)Cc2nc(-c3ccccc3)cs2)cc1. The molecular weight excluding hydrogens is 330 g/mol. The molecule has 126 valence electrons. The van der Waals surface area contributed by atoms with E-state index >= 15 is 0 Å². The van der Waals surface area contributed by atoms with Gasteiger partial charge in [0.2, 0.25) is 5.91 Å². The maximum Gasteiger partial charge on any atom is 0.246 e. The third-order valence-electron chi connectivity index (χ3n) is 3.72. The Morgan fingerprint density at radius 3 is 2.64 bits per heavy atom. The molecule has 25 heavy (non-hydrogen) atoms. The molecule has 0 aliphatic heterocycles. The number of hydrogen-bond acceptors (Lipinski definition) is 4. The highest BCUT2D eigenvalue weighted by atomic mass is 32.1. The summed E-state index contributed by atoms with van der Waals surface area (Å²) in [6.45, 7) is 2.12.